The first-order valence-electron chi connectivity index (χ1n) is 7.39. The first-order valence-corrected chi connectivity index (χ1v) is 7.93. The van der Waals surface area contributed by atoms with Crippen LogP contribution in [0.3, 0.4) is 0 Å². The van der Waals surface area contributed by atoms with Crippen molar-refractivity contribution in [3.8, 4) is 22.7 Å². The van der Waals surface area contributed by atoms with E-state index < -0.39 is 11.7 Å². The Bertz CT molecular complexity index is 856. The third kappa shape index (κ3) is 3.64. The number of benzene rings is 2. The normalized spacial score (nSPS) is 11.6. The van der Waals surface area contributed by atoms with Crippen LogP contribution in [0.25, 0.3) is 16.9 Å². The number of methoxy groups -OCH3 is 1. The van der Waals surface area contributed by atoms with E-state index in [0.29, 0.717) is 22.7 Å². The smallest absolute Gasteiger partial charge is 0.416 e. The van der Waals surface area contributed by atoms with Crippen molar-refractivity contribution >= 4 is 11.6 Å². The Balaban J connectivity index is 2.05. The zero-order valence-corrected chi connectivity index (χ0v) is 14.0. The Kier molecular flexibility index (Phi) is 4.72. The van der Waals surface area contributed by atoms with E-state index in [4.69, 9.17) is 16.3 Å². The molecule has 0 fully saturated rings. The second kappa shape index (κ2) is 6.80. The van der Waals surface area contributed by atoms with Gasteiger partial charge < -0.3 is 4.74 Å². The molecule has 0 unspecified atom stereocenters. The lowest BCUT2D eigenvalue weighted by Crippen LogP contribution is -2.04. The molecule has 0 bridgehead atoms. The fourth-order valence-electron chi connectivity index (χ4n) is 2.45. The number of nitrogens with zero attached hydrogens (tertiary/aromatic N) is 2. The Hall–Kier alpha value is -2.47. The van der Waals surface area contributed by atoms with Gasteiger partial charge in [0.2, 0.25) is 0 Å². The summed E-state index contributed by atoms with van der Waals surface area (Å²) >= 11 is 5.88. The highest BCUT2D eigenvalue weighted by molar-refractivity contribution is 6.16. The van der Waals surface area contributed by atoms with Crippen LogP contribution in [0, 0.1) is 0 Å². The monoisotopic (exact) mass is 366 g/mol. The van der Waals surface area contributed by atoms with Crippen molar-refractivity contribution in [2.45, 2.75) is 12.1 Å². The largest absolute Gasteiger partial charge is 0.497 e. The molecular formula is C18H14ClF3N2O. The molecule has 0 aliphatic carbocycles. The topological polar surface area (TPSA) is 27.1 Å². The molecular weight excluding hydrogens is 353 g/mol. The van der Waals surface area contributed by atoms with Crippen LogP contribution in [0.1, 0.15) is 11.3 Å². The van der Waals surface area contributed by atoms with Gasteiger partial charge in [0, 0.05) is 5.56 Å². The van der Waals surface area contributed by atoms with Crippen molar-refractivity contribution in [2.24, 2.45) is 0 Å². The SMILES string of the molecule is COc1ccc(-n2nc(CCl)cc2-c2ccc(C(F)(F)F)cc2)cc1. The van der Waals surface area contributed by atoms with E-state index in [9.17, 15) is 13.2 Å². The molecule has 130 valence electrons. The molecule has 2 aromatic carbocycles. The standard InChI is InChI=1S/C18H14ClF3N2O/c1-25-16-8-6-15(7-9-16)24-17(10-14(11-19)23-24)12-2-4-13(5-3-12)18(20,21)22/h2-10H,11H2,1H3. The number of alkyl halides is 4. The molecule has 3 nitrogen and oxygen atoms in total. The highest BCUT2D eigenvalue weighted by atomic mass is 35.5. The molecule has 3 rings (SSSR count). The van der Waals surface area contributed by atoms with Crippen LogP contribution in [0.15, 0.2) is 54.6 Å². The summed E-state index contributed by atoms with van der Waals surface area (Å²) < 4.78 is 45.0. The Labute approximate surface area is 147 Å². The maximum Gasteiger partial charge on any atom is 0.416 e. The van der Waals surface area contributed by atoms with Gasteiger partial charge in [0.1, 0.15) is 5.75 Å². The summed E-state index contributed by atoms with van der Waals surface area (Å²) in [4.78, 5) is 0. The molecule has 1 heterocycles. The van der Waals surface area contributed by atoms with Crippen LogP contribution in [0.2, 0.25) is 0 Å². The van der Waals surface area contributed by atoms with E-state index in [1.54, 1.807) is 30.0 Å². The van der Waals surface area contributed by atoms with E-state index >= 15 is 0 Å². The van der Waals surface area contributed by atoms with Gasteiger partial charge in [-0.2, -0.15) is 18.3 Å². The van der Waals surface area contributed by atoms with Crippen LogP contribution in [-0.4, -0.2) is 16.9 Å². The Morgan fingerprint density at radius 1 is 1.04 bits per heavy atom. The van der Waals surface area contributed by atoms with Crippen LogP contribution < -0.4 is 4.74 Å². The maximum absolute atomic E-state index is 12.7. The van der Waals surface area contributed by atoms with Gasteiger partial charge >= 0.3 is 6.18 Å². The first-order chi connectivity index (χ1) is 11.9. The van der Waals surface area contributed by atoms with Gasteiger partial charge in [-0.3, -0.25) is 0 Å². The highest BCUT2D eigenvalue weighted by Gasteiger charge is 2.30. The fourth-order valence-corrected chi connectivity index (χ4v) is 2.58. The van der Waals surface area contributed by atoms with Crippen LogP contribution in [-0.2, 0) is 12.1 Å². The summed E-state index contributed by atoms with van der Waals surface area (Å²) in [6, 6.07) is 13.9. The summed E-state index contributed by atoms with van der Waals surface area (Å²) in [5.74, 6) is 0.904. The van der Waals surface area contributed by atoms with Crippen LogP contribution in [0.4, 0.5) is 13.2 Å². The van der Waals surface area contributed by atoms with Crippen molar-refractivity contribution in [2.75, 3.05) is 7.11 Å². The van der Waals surface area contributed by atoms with Gasteiger partial charge in [-0.15, -0.1) is 11.6 Å². The summed E-state index contributed by atoms with van der Waals surface area (Å²) in [5.41, 5.74) is 1.98. The minimum atomic E-state index is -4.37. The molecule has 7 heteroatoms. The van der Waals surface area contributed by atoms with Gasteiger partial charge in [0.05, 0.1) is 35.6 Å². The summed E-state index contributed by atoms with van der Waals surface area (Å²) in [6.07, 6.45) is -4.37. The molecule has 25 heavy (non-hydrogen) atoms. The summed E-state index contributed by atoms with van der Waals surface area (Å²) in [7, 11) is 1.57. The lowest BCUT2D eigenvalue weighted by Gasteiger charge is -2.10. The number of hydrogen-bond donors (Lipinski definition) is 0. The van der Waals surface area contributed by atoms with E-state index in [1.807, 2.05) is 12.1 Å². The first kappa shape index (κ1) is 17.4. The number of hydrogen-bond acceptors (Lipinski definition) is 2. The Morgan fingerprint density at radius 2 is 1.68 bits per heavy atom. The van der Waals surface area contributed by atoms with Crippen molar-refractivity contribution in [3.63, 3.8) is 0 Å². The molecule has 0 spiro atoms. The fraction of sp³-hybridized carbons (Fsp3) is 0.167. The van der Waals surface area contributed by atoms with Gasteiger partial charge in [0.15, 0.2) is 0 Å². The maximum atomic E-state index is 12.7. The predicted octanol–water partition coefficient (Wildman–Crippen LogP) is 5.31. The van der Waals surface area contributed by atoms with E-state index in [1.165, 1.54) is 12.1 Å². The molecule has 0 aliphatic rings. The van der Waals surface area contributed by atoms with Gasteiger partial charge in [-0.05, 0) is 42.5 Å². The second-order valence-corrected chi connectivity index (χ2v) is 5.61. The molecule has 0 amide bonds. The Morgan fingerprint density at radius 3 is 2.20 bits per heavy atom. The van der Waals surface area contributed by atoms with E-state index in [0.717, 1.165) is 17.8 Å². The lowest BCUT2D eigenvalue weighted by atomic mass is 10.1. The molecule has 3 aromatic rings. The zero-order valence-electron chi connectivity index (χ0n) is 13.2. The molecule has 0 saturated heterocycles. The molecule has 1 aromatic heterocycles. The molecule has 0 atom stereocenters. The van der Waals surface area contributed by atoms with Crippen LogP contribution >= 0.6 is 11.6 Å². The van der Waals surface area contributed by atoms with Gasteiger partial charge in [-0.1, -0.05) is 12.1 Å². The van der Waals surface area contributed by atoms with Crippen molar-refractivity contribution in [1.29, 1.82) is 0 Å². The van der Waals surface area contributed by atoms with Crippen LogP contribution in [0.5, 0.6) is 5.75 Å². The average Bonchev–Trinajstić information content (AvgIpc) is 3.05. The number of halogens is 4. The summed E-state index contributed by atoms with van der Waals surface area (Å²) in [6.45, 7) is 0. The van der Waals surface area contributed by atoms with Crippen molar-refractivity contribution < 1.29 is 17.9 Å². The average molecular weight is 367 g/mol. The minimum absolute atomic E-state index is 0.205. The zero-order chi connectivity index (χ0) is 18.0. The molecule has 0 saturated carbocycles. The molecule has 0 aliphatic heterocycles. The quantitative estimate of drug-likeness (QED) is 0.585. The number of rotatable bonds is 4. The van der Waals surface area contributed by atoms with Crippen molar-refractivity contribution in [3.05, 3.63) is 65.9 Å². The minimum Gasteiger partial charge on any atom is -0.497 e. The third-order valence-electron chi connectivity index (χ3n) is 3.72. The molecule has 0 radical (unpaired) electrons. The lowest BCUT2D eigenvalue weighted by molar-refractivity contribution is -0.137. The third-order valence-corrected chi connectivity index (χ3v) is 4.00. The number of ether oxygens (including phenoxy) is 1. The van der Waals surface area contributed by atoms with E-state index in [-0.39, 0.29) is 5.88 Å². The van der Waals surface area contributed by atoms with Crippen molar-refractivity contribution in [1.82, 2.24) is 9.78 Å². The van der Waals surface area contributed by atoms with Gasteiger partial charge in [-0.25, -0.2) is 4.68 Å². The van der Waals surface area contributed by atoms with E-state index in [2.05, 4.69) is 5.10 Å². The number of aromatic nitrogens is 2. The summed E-state index contributed by atoms with van der Waals surface area (Å²) in [5, 5.41) is 4.42. The highest BCUT2D eigenvalue weighted by Crippen LogP contribution is 2.32. The van der Waals surface area contributed by atoms with Gasteiger partial charge in [0.25, 0.3) is 0 Å². The predicted molar refractivity (Wildman–Crippen MR) is 90.1 cm³/mol. The molecule has 0 N–H and O–H groups in total. The second-order valence-electron chi connectivity index (χ2n) is 5.34.